The van der Waals surface area contributed by atoms with Gasteiger partial charge in [-0.1, -0.05) is 61.0 Å². The number of amides is 2. The maximum absolute atomic E-state index is 13.3. The summed E-state index contributed by atoms with van der Waals surface area (Å²) >= 11 is 0. The highest BCUT2D eigenvalue weighted by Gasteiger charge is 2.50. The smallest absolute Gasteiger partial charge is 0.230 e. The largest absolute Gasteiger partial charge is 0.348 e. The molecule has 0 spiro atoms. The number of carbonyl (C=O) groups excluding carboxylic acids is 2. The molecular weight excluding hydrogens is 372 g/mol. The summed E-state index contributed by atoms with van der Waals surface area (Å²) in [6, 6.07) is 17.0. The third kappa shape index (κ3) is 4.00. The molecule has 2 aromatic carbocycles. The molecule has 2 aromatic rings. The maximum Gasteiger partial charge on any atom is 0.230 e. The molecule has 1 aliphatic carbocycles. The van der Waals surface area contributed by atoms with Gasteiger partial charge >= 0.3 is 0 Å². The van der Waals surface area contributed by atoms with E-state index in [0.717, 1.165) is 24.0 Å². The Kier molecular flexibility index (Phi) is 5.44. The molecule has 0 bridgehead atoms. The van der Waals surface area contributed by atoms with Gasteiger partial charge in [0.15, 0.2) is 0 Å². The average Bonchev–Trinajstić information content (AvgIpc) is 3.31. The summed E-state index contributed by atoms with van der Waals surface area (Å²) < 4.78 is 0. The minimum Gasteiger partial charge on any atom is -0.348 e. The Balaban J connectivity index is 1.59. The van der Waals surface area contributed by atoms with Gasteiger partial charge in [0.05, 0.1) is 5.41 Å². The van der Waals surface area contributed by atoms with Crippen molar-refractivity contribution in [3.63, 3.8) is 0 Å². The monoisotopic (exact) mass is 404 g/mol. The summed E-state index contributed by atoms with van der Waals surface area (Å²) in [4.78, 5) is 29.7. The van der Waals surface area contributed by atoms with Crippen molar-refractivity contribution in [3.05, 3.63) is 59.7 Å². The lowest BCUT2D eigenvalue weighted by atomic mass is 9.79. The zero-order valence-corrected chi connectivity index (χ0v) is 18.5. The Morgan fingerprint density at radius 1 is 1.10 bits per heavy atom. The number of hydrogen-bond acceptors (Lipinski definition) is 2. The summed E-state index contributed by atoms with van der Waals surface area (Å²) in [6.07, 6.45) is 2.38. The highest BCUT2D eigenvalue weighted by atomic mass is 16.2. The van der Waals surface area contributed by atoms with Crippen molar-refractivity contribution in [2.45, 2.75) is 33.1 Å². The lowest BCUT2D eigenvalue weighted by molar-refractivity contribution is -0.140. The lowest BCUT2D eigenvalue weighted by Gasteiger charge is -2.31. The number of aryl methyl sites for hydroxylation is 1. The van der Waals surface area contributed by atoms with Gasteiger partial charge in [-0.15, -0.1) is 0 Å². The van der Waals surface area contributed by atoms with Crippen molar-refractivity contribution in [1.82, 2.24) is 9.80 Å². The predicted octanol–water partition coefficient (Wildman–Crippen LogP) is 4.17. The van der Waals surface area contributed by atoms with Crippen molar-refractivity contribution >= 4 is 11.8 Å². The van der Waals surface area contributed by atoms with Crippen LogP contribution in [0.15, 0.2) is 48.5 Å². The molecule has 1 aliphatic heterocycles. The third-order valence-electron chi connectivity index (χ3n) is 6.81. The Bertz CT molecular complexity index is 950. The van der Waals surface area contributed by atoms with E-state index in [1.165, 1.54) is 11.1 Å². The van der Waals surface area contributed by atoms with Gasteiger partial charge < -0.3 is 9.80 Å². The molecule has 0 unspecified atom stereocenters. The number of nitrogens with zero attached hydrogens (tertiary/aromatic N) is 2. The molecule has 4 nitrogen and oxygen atoms in total. The number of carbonyl (C=O) groups is 2. The van der Waals surface area contributed by atoms with Gasteiger partial charge in [0.25, 0.3) is 0 Å². The summed E-state index contributed by atoms with van der Waals surface area (Å²) in [7, 11) is 3.64. The Hall–Kier alpha value is -2.62. The SMILES string of the molecule is Cc1ccc(-c2cccc(C[C@]3(C(=O)N(C)C)CCN(C(=O)[C@@H]4C[C@H]4C)C3)c2)cc1. The molecule has 4 rings (SSSR count). The van der Waals surface area contributed by atoms with Gasteiger partial charge in [-0.25, -0.2) is 0 Å². The molecule has 2 amide bonds. The van der Waals surface area contributed by atoms with E-state index in [-0.39, 0.29) is 17.7 Å². The van der Waals surface area contributed by atoms with Gasteiger partial charge in [0.1, 0.15) is 0 Å². The van der Waals surface area contributed by atoms with Crippen LogP contribution in [0.1, 0.15) is 30.9 Å². The molecule has 1 saturated heterocycles. The fourth-order valence-corrected chi connectivity index (χ4v) is 4.83. The van der Waals surface area contributed by atoms with Crippen LogP contribution in [0.4, 0.5) is 0 Å². The quantitative estimate of drug-likeness (QED) is 0.751. The van der Waals surface area contributed by atoms with Crippen molar-refractivity contribution in [1.29, 1.82) is 0 Å². The lowest BCUT2D eigenvalue weighted by Crippen LogP contribution is -2.45. The summed E-state index contributed by atoms with van der Waals surface area (Å²) in [5, 5.41) is 0. The van der Waals surface area contributed by atoms with E-state index in [0.29, 0.717) is 25.4 Å². The number of likely N-dealkylation sites (tertiary alicyclic amines) is 1. The number of hydrogen-bond donors (Lipinski definition) is 0. The molecule has 1 heterocycles. The second-order valence-electron chi connectivity index (χ2n) is 9.55. The standard InChI is InChI=1S/C26H32N2O2/c1-18-8-10-21(11-9-18)22-7-5-6-20(15-22)16-26(25(30)27(3)4)12-13-28(17-26)24(29)23-14-19(23)2/h5-11,15,19,23H,12-14,16-17H2,1-4H3/t19-,23-,26-/m1/s1. The molecule has 2 fully saturated rings. The normalized spacial score (nSPS) is 25.3. The molecule has 0 N–H and O–H groups in total. The van der Waals surface area contributed by atoms with Crippen molar-refractivity contribution < 1.29 is 9.59 Å². The van der Waals surface area contributed by atoms with E-state index in [1.54, 1.807) is 4.90 Å². The second-order valence-corrected chi connectivity index (χ2v) is 9.55. The fourth-order valence-electron chi connectivity index (χ4n) is 4.83. The third-order valence-corrected chi connectivity index (χ3v) is 6.81. The maximum atomic E-state index is 13.3. The molecular formula is C26H32N2O2. The van der Waals surface area contributed by atoms with E-state index in [4.69, 9.17) is 0 Å². The molecule has 158 valence electrons. The molecule has 0 radical (unpaired) electrons. The molecule has 0 aromatic heterocycles. The zero-order valence-electron chi connectivity index (χ0n) is 18.5. The van der Waals surface area contributed by atoms with Crippen LogP contribution in [0.2, 0.25) is 0 Å². The van der Waals surface area contributed by atoms with Gasteiger partial charge in [0, 0.05) is 33.1 Å². The number of rotatable bonds is 5. The highest BCUT2D eigenvalue weighted by molar-refractivity contribution is 5.87. The minimum absolute atomic E-state index is 0.127. The van der Waals surface area contributed by atoms with E-state index in [2.05, 4.69) is 62.4 Å². The summed E-state index contributed by atoms with van der Waals surface area (Å²) in [5.74, 6) is 1.02. The van der Waals surface area contributed by atoms with Gasteiger partial charge in [0.2, 0.25) is 11.8 Å². The zero-order chi connectivity index (χ0) is 21.5. The second kappa shape index (κ2) is 7.90. The Labute approximate surface area is 179 Å². The fraction of sp³-hybridized carbons (Fsp3) is 0.462. The van der Waals surface area contributed by atoms with Crippen LogP contribution in [-0.2, 0) is 16.0 Å². The molecule has 1 saturated carbocycles. The number of benzene rings is 2. The van der Waals surface area contributed by atoms with E-state index in [9.17, 15) is 9.59 Å². The van der Waals surface area contributed by atoms with Crippen LogP contribution < -0.4 is 0 Å². The van der Waals surface area contributed by atoms with Gasteiger partial charge in [-0.2, -0.15) is 0 Å². The van der Waals surface area contributed by atoms with Crippen LogP contribution in [0.25, 0.3) is 11.1 Å². The predicted molar refractivity (Wildman–Crippen MR) is 120 cm³/mol. The molecule has 3 atom stereocenters. The van der Waals surface area contributed by atoms with E-state index >= 15 is 0 Å². The summed E-state index contributed by atoms with van der Waals surface area (Å²) in [5.41, 5.74) is 4.20. The van der Waals surface area contributed by atoms with Crippen molar-refractivity contribution in [2.75, 3.05) is 27.2 Å². The minimum atomic E-state index is -0.539. The van der Waals surface area contributed by atoms with Crippen LogP contribution in [-0.4, -0.2) is 48.8 Å². The van der Waals surface area contributed by atoms with Gasteiger partial charge in [-0.3, -0.25) is 9.59 Å². The van der Waals surface area contributed by atoms with Gasteiger partial charge in [-0.05, 0) is 48.8 Å². The first-order valence-corrected chi connectivity index (χ1v) is 11.0. The average molecular weight is 405 g/mol. The van der Waals surface area contributed by atoms with Crippen LogP contribution >= 0.6 is 0 Å². The van der Waals surface area contributed by atoms with Crippen LogP contribution in [0.3, 0.4) is 0 Å². The first kappa shape index (κ1) is 20.6. The van der Waals surface area contributed by atoms with Crippen LogP contribution in [0, 0.1) is 24.2 Å². The van der Waals surface area contributed by atoms with Crippen molar-refractivity contribution in [3.8, 4) is 11.1 Å². The van der Waals surface area contributed by atoms with Crippen LogP contribution in [0.5, 0.6) is 0 Å². The van der Waals surface area contributed by atoms with E-state index in [1.807, 2.05) is 19.0 Å². The summed E-state index contributed by atoms with van der Waals surface area (Å²) in [6.45, 7) is 5.43. The molecule has 30 heavy (non-hydrogen) atoms. The Morgan fingerprint density at radius 2 is 1.80 bits per heavy atom. The Morgan fingerprint density at radius 3 is 2.43 bits per heavy atom. The topological polar surface area (TPSA) is 40.6 Å². The highest BCUT2D eigenvalue weighted by Crippen LogP contribution is 2.43. The van der Waals surface area contributed by atoms with Crippen molar-refractivity contribution in [2.24, 2.45) is 17.3 Å². The van der Waals surface area contributed by atoms with E-state index < -0.39 is 5.41 Å². The molecule has 2 aliphatic rings. The first-order chi connectivity index (χ1) is 14.3. The molecule has 4 heteroatoms. The first-order valence-electron chi connectivity index (χ1n) is 11.0.